The summed E-state index contributed by atoms with van der Waals surface area (Å²) in [6, 6.07) is 9.22. The van der Waals surface area contributed by atoms with Crippen molar-refractivity contribution in [3.05, 3.63) is 52.8 Å². The molecule has 0 aliphatic rings. The Labute approximate surface area is 105 Å². The minimum atomic E-state index is 0.513. The summed E-state index contributed by atoms with van der Waals surface area (Å²) >= 11 is 5.83. The maximum Gasteiger partial charge on any atom is 0.101 e. The number of nitrogens with zero attached hydrogens (tertiary/aromatic N) is 2. The van der Waals surface area contributed by atoms with E-state index in [9.17, 15) is 0 Å². The largest absolute Gasteiger partial charge is 0.353 e. The topological polar surface area (TPSA) is 48.7 Å². The molecular formula is C13H10ClN3. The van der Waals surface area contributed by atoms with Gasteiger partial charge in [-0.1, -0.05) is 11.6 Å². The van der Waals surface area contributed by atoms with Gasteiger partial charge in [0.2, 0.25) is 0 Å². The second kappa shape index (κ2) is 4.86. The lowest BCUT2D eigenvalue weighted by atomic mass is 10.2. The van der Waals surface area contributed by atoms with E-state index in [1.165, 1.54) is 0 Å². The monoisotopic (exact) mass is 243 g/mol. The quantitative estimate of drug-likeness (QED) is 0.876. The lowest BCUT2D eigenvalue weighted by Gasteiger charge is -2.08. The van der Waals surface area contributed by atoms with Crippen LogP contribution in [0.2, 0.25) is 5.02 Å². The van der Waals surface area contributed by atoms with Gasteiger partial charge in [-0.05, 0) is 36.8 Å². The molecule has 0 spiro atoms. The number of benzene rings is 1. The predicted molar refractivity (Wildman–Crippen MR) is 68.4 cm³/mol. The third-order valence-corrected chi connectivity index (χ3v) is 2.49. The second-order valence-corrected chi connectivity index (χ2v) is 4.11. The average molecular weight is 244 g/mol. The highest BCUT2D eigenvalue weighted by Crippen LogP contribution is 2.23. The highest BCUT2D eigenvalue weighted by molar-refractivity contribution is 6.30. The van der Waals surface area contributed by atoms with Crippen LogP contribution in [0.1, 0.15) is 11.1 Å². The van der Waals surface area contributed by atoms with Crippen molar-refractivity contribution in [3.63, 3.8) is 0 Å². The average Bonchev–Trinajstić information content (AvgIpc) is 2.31. The maximum absolute atomic E-state index is 9.01. The van der Waals surface area contributed by atoms with Crippen LogP contribution in [-0.4, -0.2) is 4.98 Å². The molecule has 4 heteroatoms. The molecule has 0 fully saturated rings. The van der Waals surface area contributed by atoms with Crippen molar-refractivity contribution in [1.82, 2.24) is 4.98 Å². The van der Waals surface area contributed by atoms with Crippen LogP contribution in [0.25, 0.3) is 0 Å². The Kier molecular flexibility index (Phi) is 3.27. The van der Waals surface area contributed by atoms with Crippen LogP contribution in [-0.2, 0) is 0 Å². The van der Waals surface area contributed by atoms with Crippen LogP contribution in [0.15, 0.2) is 36.7 Å². The number of anilines is 2. The van der Waals surface area contributed by atoms with Gasteiger partial charge in [-0.2, -0.15) is 5.26 Å². The molecule has 0 unspecified atom stereocenters. The molecule has 1 N–H and O–H groups in total. The van der Waals surface area contributed by atoms with E-state index in [2.05, 4.69) is 16.4 Å². The van der Waals surface area contributed by atoms with E-state index in [0.29, 0.717) is 10.6 Å². The summed E-state index contributed by atoms with van der Waals surface area (Å²) in [5.41, 5.74) is 3.15. The van der Waals surface area contributed by atoms with Crippen LogP contribution >= 0.6 is 11.6 Å². The number of nitriles is 1. The van der Waals surface area contributed by atoms with E-state index in [4.69, 9.17) is 16.9 Å². The molecule has 3 nitrogen and oxygen atoms in total. The van der Waals surface area contributed by atoms with Gasteiger partial charge < -0.3 is 5.32 Å². The number of aromatic nitrogens is 1. The number of halogens is 1. The fourth-order valence-corrected chi connectivity index (χ4v) is 1.67. The molecular weight excluding hydrogens is 234 g/mol. The first-order valence-corrected chi connectivity index (χ1v) is 5.45. The standard InChI is InChI=1S/C13H10ClN3/c1-9-4-12(8-16-7-9)17-13-3-2-11(14)5-10(13)6-15/h2-5,7-8,17H,1H3. The molecule has 1 heterocycles. The van der Waals surface area contributed by atoms with Crippen LogP contribution in [0.5, 0.6) is 0 Å². The molecule has 17 heavy (non-hydrogen) atoms. The van der Waals surface area contributed by atoms with Crippen molar-refractivity contribution in [2.75, 3.05) is 5.32 Å². The molecule has 1 aromatic heterocycles. The third-order valence-electron chi connectivity index (χ3n) is 2.26. The number of nitrogens with one attached hydrogen (secondary N) is 1. The van der Waals surface area contributed by atoms with Gasteiger partial charge in [0, 0.05) is 11.2 Å². The van der Waals surface area contributed by atoms with Gasteiger partial charge in [0.05, 0.1) is 23.1 Å². The molecule has 0 aliphatic carbocycles. The normalized spacial score (nSPS) is 9.71. The Morgan fingerprint density at radius 3 is 2.82 bits per heavy atom. The minimum Gasteiger partial charge on any atom is -0.353 e. The van der Waals surface area contributed by atoms with Gasteiger partial charge in [0.25, 0.3) is 0 Å². The molecule has 0 atom stereocenters. The van der Waals surface area contributed by atoms with Crippen molar-refractivity contribution < 1.29 is 0 Å². The Bertz CT molecular complexity index is 587. The first kappa shape index (κ1) is 11.4. The first-order valence-electron chi connectivity index (χ1n) is 5.07. The summed E-state index contributed by atoms with van der Waals surface area (Å²) < 4.78 is 0. The van der Waals surface area contributed by atoms with Gasteiger partial charge >= 0.3 is 0 Å². The molecule has 0 saturated carbocycles. The summed E-state index contributed by atoms with van der Waals surface area (Å²) in [6.45, 7) is 1.96. The van der Waals surface area contributed by atoms with E-state index in [1.54, 1.807) is 30.6 Å². The lowest BCUT2D eigenvalue weighted by molar-refractivity contribution is 1.26. The number of aryl methyl sites for hydroxylation is 1. The zero-order valence-electron chi connectivity index (χ0n) is 9.24. The summed E-state index contributed by atoms with van der Waals surface area (Å²) in [4.78, 5) is 4.08. The molecule has 0 amide bonds. The van der Waals surface area contributed by atoms with E-state index in [-0.39, 0.29) is 0 Å². The zero-order valence-corrected chi connectivity index (χ0v) is 9.99. The maximum atomic E-state index is 9.01. The Morgan fingerprint density at radius 1 is 1.29 bits per heavy atom. The summed E-state index contributed by atoms with van der Waals surface area (Å²) in [5, 5.41) is 12.7. The third kappa shape index (κ3) is 2.74. The number of hydrogen-bond acceptors (Lipinski definition) is 3. The lowest BCUT2D eigenvalue weighted by Crippen LogP contribution is -1.94. The number of rotatable bonds is 2. The van der Waals surface area contributed by atoms with Crippen LogP contribution in [0, 0.1) is 18.3 Å². The van der Waals surface area contributed by atoms with Gasteiger partial charge in [0.15, 0.2) is 0 Å². The first-order chi connectivity index (χ1) is 8.19. The zero-order chi connectivity index (χ0) is 12.3. The SMILES string of the molecule is Cc1cncc(Nc2ccc(Cl)cc2C#N)c1. The minimum absolute atomic E-state index is 0.513. The van der Waals surface area contributed by atoms with Crippen molar-refractivity contribution in [1.29, 1.82) is 5.26 Å². The molecule has 0 aliphatic heterocycles. The molecule has 0 saturated heterocycles. The predicted octanol–water partition coefficient (Wildman–Crippen LogP) is 3.66. The summed E-state index contributed by atoms with van der Waals surface area (Å²) in [5.74, 6) is 0. The highest BCUT2D eigenvalue weighted by Gasteiger charge is 2.03. The molecule has 2 rings (SSSR count). The van der Waals surface area contributed by atoms with Crippen molar-refractivity contribution in [2.24, 2.45) is 0 Å². The van der Waals surface area contributed by atoms with Crippen LogP contribution in [0.4, 0.5) is 11.4 Å². The smallest absolute Gasteiger partial charge is 0.101 e. The van der Waals surface area contributed by atoms with Crippen LogP contribution < -0.4 is 5.32 Å². The fourth-order valence-electron chi connectivity index (χ4n) is 1.50. The molecule has 0 bridgehead atoms. The van der Waals surface area contributed by atoms with Crippen molar-refractivity contribution >= 4 is 23.0 Å². The van der Waals surface area contributed by atoms with Crippen molar-refractivity contribution in [3.8, 4) is 6.07 Å². The van der Waals surface area contributed by atoms with E-state index >= 15 is 0 Å². The van der Waals surface area contributed by atoms with Gasteiger partial charge in [0.1, 0.15) is 6.07 Å². The Balaban J connectivity index is 2.34. The molecule has 1 aromatic carbocycles. The molecule has 84 valence electrons. The van der Waals surface area contributed by atoms with Gasteiger partial charge in [-0.15, -0.1) is 0 Å². The van der Waals surface area contributed by atoms with E-state index in [1.807, 2.05) is 13.0 Å². The Morgan fingerprint density at radius 2 is 2.12 bits per heavy atom. The summed E-state index contributed by atoms with van der Waals surface area (Å²) in [7, 11) is 0. The highest BCUT2D eigenvalue weighted by atomic mass is 35.5. The van der Waals surface area contributed by atoms with Gasteiger partial charge in [-0.3, -0.25) is 4.98 Å². The second-order valence-electron chi connectivity index (χ2n) is 3.68. The molecule has 2 aromatic rings. The molecule has 0 radical (unpaired) electrons. The van der Waals surface area contributed by atoms with Crippen LogP contribution in [0.3, 0.4) is 0 Å². The number of pyridine rings is 1. The summed E-state index contributed by atoms with van der Waals surface area (Å²) in [6.07, 6.45) is 3.49. The van der Waals surface area contributed by atoms with Gasteiger partial charge in [-0.25, -0.2) is 0 Å². The Hall–Kier alpha value is -2.05. The number of hydrogen-bond donors (Lipinski definition) is 1. The van der Waals surface area contributed by atoms with E-state index in [0.717, 1.165) is 16.9 Å². The van der Waals surface area contributed by atoms with E-state index < -0.39 is 0 Å². The van der Waals surface area contributed by atoms with Crippen molar-refractivity contribution in [2.45, 2.75) is 6.92 Å². The fraction of sp³-hybridized carbons (Fsp3) is 0.0769.